The lowest BCUT2D eigenvalue weighted by atomic mass is 10.1. The van der Waals surface area contributed by atoms with E-state index in [9.17, 15) is 37.6 Å². The molecule has 0 bridgehead atoms. The second-order valence-corrected chi connectivity index (χ2v) is 9.31. The molecule has 5 atom stereocenters. The molecule has 3 heterocycles. The monoisotopic (exact) mass is 597 g/mol. The van der Waals surface area contributed by atoms with Crippen molar-refractivity contribution in [2.45, 2.75) is 37.3 Å². The molecule has 40 heavy (non-hydrogen) atoms. The number of aliphatic hydroxyl groups is 2. The summed E-state index contributed by atoms with van der Waals surface area (Å²) in [6.45, 7) is -0.318. The Morgan fingerprint density at radius 3 is 2.48 bits per heavy atom. The van der Waals surface area contributed by atoms with Crippen LogP contribution in [0, 0.1) is 0 Å². The number of benzene rings is 1. The molecule has 1 aromatic carbocycles. The van der Waals surface area contributed by atoms with Crippen molar-refractivity contribution >= 4 is 30.9 Å². The van der Waals surface area contributed by atoms with Crippen LogP contribution in [0.1, 0.15) is 6.23 Å². The van der Waals surface area contributed by atoms with Gasteiger partial charge in [-0.25, -0.2) is 9.36 Å². The molecule has 4 rings (SSSR count). The van der Waals surface area contributed by atoms with Gasteiger partial charge in [0.05, 0.1) is 6.61 Å². The molecule has 1 aliphatic heterocycles. The van der Waals surface area contributed by atoms with Gasteiger partial charge in [0.2, 0.25) is 11.7 Å². The average molecular weight is 597 g/mol. The Labute approximate surface area is 221 Å². The van der Waals surface area contributed by atoms with E-state index >= 15 is 0 Å². The highest BCUT2D eigenvalue weighted by atomic mass is 31.2. The van der Waals surface area contributed by atoms with Gasteiger partial charge < -0.3 is 44.8 Å². The van der Waals surface area contributed by atoms with Crippen molar-refractivity contribution in [2.24, 2.45) is 0 Å². The van der Waals surface area contributed by atoms with Crippen LogP contribution in [0.3, 0.4) is 0 Å². The van der Waals surface area contributed by atoms with E-state index in [4.69, 9.17) is 30.0 Å². The molecule has 2 aromatic heterocycles. The molecular formula is C20H23F3N5O11P. The summed E-state index contributed by atoms with van der Waals surface area (Å²) in [4.78, 5) is 47.6. The van der Waals surface area contributed by atoms with Crippen LogP contribution in [0.2, 0.25) is 0 Å². The van der Waals surface area contributed by atoms with E-state index in [2.05, 4.69) is 14.5 Å². The number of aromatic amines is 1. The number of aliphatic hydroxyl groups excluding tert-OH is 2. The second-order valence-electron chi connectivity index (χ2n) is 8.11. The van der Waals surface area contributed by atoms with Crippen LogP contribution in [-0.4, -0.2) is 78.4 Å². The first-order valence-electron chi connectivity index (χ1n) is 11.1. The molecule has 220 valence electrons. The number of nitrogens with one attached hydrogen (secondary N) is 1. The van der Waals surface area contributed by atoms with Crippen molar-refractivity contribution in [1.82, 2.24) is 14.5 Å². The minimum Gasteiger partial charge on any atom is -0.756 e. The van der Waals surface area contributed by atoms with Crippen molar-refractivity contribution in [2.75, 3.05) is 18.9 Å². The number of nitrogens with zero attached hydrogens (tertiary/aromatic N) is 3. The number of alkyl halides is 3. The number of carboxylic acid groups (broad SMARTS) is 1. The van der Waals surface area contributed by atoms with Gasteiger partial charge in [-0.1, -0.05) is 23.2 Å². The third-order valence-electron chi connectivity index (χ3n) is 5.29. The number of anilines is 1. The van der Waals surface area contributed by atoms with E-state index in [0.29, 0.717) is 5.75 Å². The third kappa shape index (κ3) is 7.75. The van der Waals surface area contributed by atoms with Gasteiger partial charge in [0.1, 0.15) is 37.2 Å². The van der Waals surface area contributed by atoms with Crippen molar-refractivity contribution in [1.29, 1.82) is 0 Å². The number of phosphoric ester groups is 1. The van der Waals surface area contributed by atoms with Crippen molar-refractivity contribution in [3.05, 3.63) is 47.0 Å². The maximum absolute atomic E-state index is 12.6. The predicted octanol–water partition coefficient (Wildman–Crippen LogP) is -1.60. The first-order valence-corrected chi connectivity index (χ1v) is 12.6. The number of hydrogen-bond donors (Lipinski definition) is 6. The predicted molar refractivity (Wildman–Crippen MR) is 122 cm³/mol. The van der Waals surface area contributed by atoms with E-state index in [1.54, 1.807) is 12.1 Å². The number of nitrogens with two attached hydrogens (primary N) is 1. The Kier molecular flexibility index (Phi) is 9.52. The number of para-hydroxylation sites is 1. The lowest BCUT2D eigenvalue weighted by molar-refractivity contribution is -0.746. The normalized spacial score (nSPS) is 22.4. The molecule has 1 aliphatic rings. The summed E-state index contributed by atoms with van der Waals surface area (Å²) in [6, 6.07) is 9.04. The smallest absolute Gasteiger partial charge is 0.490 e. The zero-order chi connectivity index (χ0) is 29.8. The van der Waals surface area contributed by atoms with Gasteiger partial charge in [-0.05, 0) is 12.1 Å². The molecule has 1 fully saturated rings. The Hall–Kier alpha value is -3.58. The Balaban J connectivity index is 0.000000559. The zero-order valence-electron chi connectivity index (χ0n) is 20.0. The number of aliphatic carboxylic acids is 1. The summed E-state index contributed by atoms with van der Waals surface area (Å²) in [5.41, 5.74) is 5.31. The largest absolute Gasteiger partial charge is 0.756 e. The molecule has 20 heteroatoms. The average Bonchev–Trinajstić information content (AvgIpc) is 3.35. The summed E-state index contributed by atoms with van der Waals surface area (Å²) >= 11 is 0. The van der Waals surface area contributed by atoms with Gasteiger partial charge in [0.25, 0.3) is 19.3 Å². The number of ether oxygens (including phenoxy) is 2. The van der Waals surface area contributed by atoms with Gasteiger partial charge in [-0.15, -0.1) is 0 Å². The SMILES string of the molecule is Nc1nc2c(c(=O)[nH]1)n(CCOc1ccccc1)c[n+]2[C@@H]1O[C@H](COP(=O)([O-])O)[C@@H](O)[C@H]1O.O=C(O)C(F)(F)F. The molecule has 16 nitrogen and oxygen atoms in total. The van der Waals surface area contributed by atoms with Crippen LogP contribution in [0.5, 0.6) is 5.75 Å². The molecular weight excluding hydrogens is 574 g/mol. The molecule has 0 aliphatic carbocycles. The summed E-state index contributed by atoms with van der Waals surface area (Å²) < 4.78 is 60.9. The van der Waals surface area contributed by atoms with Gasteiger partial charge in [-0.3, -0.25) is 18.9 Å². The summed E-state index contributed by atoms with van der Waals surface area (Å²) in [5, 5.41) is 27.9. The number of imidazole rings is 1. The Morgan fingerprint density at radius 2 is 1.90 bits per heavy atom. The number of aromatic nitrogens is 4. The number of fused-ring (bicyclic) bond motifs is 1. The number of rotatable bonds is 8. The van der Waals surface area contributed by atoms with Gasteiger partial charge in [0.15, 0.2) is 6.33 Å². The highest BCUT2D eigenvalue weighted by Crippen LogP contribution is 2.34. The number of carbonyl (C=O) groups is 1. The topological polar surface area (TPSA) is 246 Å². The third-order valence-corrected chi connectivity index (χ3v) is 5.77. The number of H-pyrrole nitrogens is 1. The molecule has 0 saturated carbocycles. The summed E-state index contributed by atoms with van der Waals surface area (Å²) in [7, 11) is -5.06. The molecule has 0 radical (unpaired) electrons. The number of carboxylic acids is 1. The lowest BCUT2D eigenvalue weighted by Crippen LogP contribution is -2.46. The zero-order valence-corrected chi connectivity index (χ0v) is 20.9. The van der Waals surface area contributed by atoms with Crippen molar-refractivity contribution in [3.63, 3.8) is 0 Å². The van der Waals surface area contributed by atoms with Crippen LogP contribution >= 0.6 is 7.82 Å². The van der Waals surface area contributed by atoms with Crippen LogP contribution in [0.15, 0.2) is 41.5 Å². The maximum Gasteiger partial charge on any atom is 0.490 e. The summed E-state index contributed by atoms with van der Waals surface area (Å²) in [5.74, 6) is -2.30. The van der Waals surface area contributed by atoms with Gasteiger partial charge in [-0.2, -0.15) is 13.2 Å². The van der Waals surface area contributed by atoms with E-state index in [0.717, 1.165) is 0 Å². The first kappa shape index (κ1) is 31.0. The van der Waals surface area contributed by atoms with Crippen LogP contribution < -0.4 is 25.5 Å². The van der Waals surface area contributed by atoms with Crippen LogP contribution in [0.25, 0.3) is 11.2 Å². The van der Waals surface area contributed by atoms with Gasteiger partial charge in [0, 0.05) is 0 Å². The molecule has 0 spiro atoms. The molecule has 1 unspecified atom stereocenters. The second kappa shape index (κ2) is 12.3. The van der Waals surface area contributed by atoms with Crippen molar-refractivity contribution in [3.8, 4) is 5.75 Å². The number of halogens is 3. The fourth-order valence-corrected chi connectivity index (χ4v) is 3.91. The Bertz CT molecular complexity index is 1430. The highest BCUT2D eigenvalue weighted by Gasteiger charge is 2.47. The van der Waals surface area contributed by atoms with E-state index in [-0.39, 0.29) is 30.3 Å². The summed E-state index contributed by atoms with van der Waals surface area (Å²) in [6.07, 6.45) is -9.27. The first-order chi connectivity index (χ1) is 18.6. The number of phosphoric acid groups is 1. The molecule has 3 aromatic rings. The minimum atomic E-state index is -5.08. The minimum absolute atomic E-state index is 0.0606. The highest BCUT2D eigenvalue weighted by molar-refractivity contribution is 7.44. The van der Waals surface area contributed by atoms with Crippen molar-refractivity contribution < 1.29 is 66.2 Å². The quantitative estimate of drug-likeness (QED) is 0.127. The molecule has 1 saturated heterocycles. The standard InChI is InChI=1S/C18H22N5O9P.C2HF3O2/c19-18-20-15-12(16(26)21-18)22(6-7-30-10-4-2-1-3-5-10)9-23(15)17-14(25)13(24)11(32-17)8-31-33(27,28)29;3-2(4,5)1(6)7/h1-5,9,11,13-14,17,24-25H,6-8H2,(H4-,19,20,21,26,27,28,29);(H,6,7)/t11-,13-,14-,17-;/m1./s1. The fourth-order valence-electron chi connectivity index (χ4n) is 3.57. The maximum atomic E-state index is 12.6. The lowest BCUT2D eigenvalue weighted by Gasteiger charge is -2.19. The van der Waals surface area contributed by atoms with Gasteiger partial charge >= 0.3 is 17.8 Å². The van der Waals surface area contributed by atoms with E-state index in [1.165, 1.54) is 15.5 Å². The number of hydrogen-bond acceptors (Lipinski definition) is 11. The van der Waals surface area contributed by atoms with E-state index < -0.39 is 56.7 Å². The van der Waals surface area contributed by atoms with E-state index in [1.807, 2.05) is 18.2 Å². The van der Waals surface area contributed by atoms with Crippen LogP contribution in [0.4, 0.5) is 19.1 Å². The van der Waals surface area contributed by atoms with Crippen LogP contribution in [-0.2, 0) is 25.2 Å². The molecule has 0 amide bonds. The fraction of sp³-hybridized carbons (Fsp3) is 0.400. The number of nitrogen functional groups attached to an aromatic ring is 1. The Morgan fingerprint density at radius 1 is 1.27 bits per heavy atom. The molecule has 7 N–H and O–H groups in total.